The van der Waals surface area contributed by atoms with Crippen LogP contribution >= 0.6 is 12.6 Å². The minimum atomic E-state index is -0.160. The Morgan fingerprint density at radius 3 is 2.77 bits per heavy atom. The van der Waals surface area contributed by atoms with Gasteiger partial charge in [-0.3, -0.25) is 4.79 Å². The molecule has 0 radical (unpaired) electrons. The van der Waals surface area contributed by atoms with Gasteiger partial charge in [-0.2, -0.15) is 12.6 Å². The zero-order valence-corrected chi connectivity index (χ0v) is 9.22. The second-order valence-corrected chi connectivity index (χ2v) is 3.82. The van der Waals surface area contributed by atoms with Crippen LogP contribution in [0.15, 0.2) is 12.2 Å². The van der Waals surface area contributed by atoms with Crippen molar-refractivity contribution in [2.24, 2.45) is 0 Å². The Balaban J connectivity index is 3.32. The number of ether oxygens (including phenoxy) is 1. The highest BCUT2D eigenvalue weighted by molar-refractivity contribution is 7.80. The minimum Gasteiger partial charge on any atom is -0.465 e. The third-order valence-corrected chi connectivity index (χ3v) is 1.59. The largest absolute Gasteiger partial charge is 0.465 e. The molecule has 0 amide bonds. The Morgan fingerprint density at radius 2 is 2.23 bits per heavy atom. The third-order valence-electron chi connectivity index (χ3n) is 1.41. The molecule has 0 aromatic heterocycles. The summed E-state index contributed by atoms with van der Waals surface area (Å²) >= 11 is 4.10. The maximum atomic E-state index is 11.0. The van der Waals surface area contributed by atoms with Crippen molar-refractivity contribution in [2.45, 2.75) is 38.4 Å². The summed E-state index contributed by atoms with van der Waals surface area (Å²) in [6.07, 6.45) is 6.31. The predicted molar refractivity (Wildman–Crippen MR) is 58.1 cm³/mol. The van der Waals surface area contributed by atoms with Gasteiger partial charge in [-0.25, -0.2) is 0 Å². The van der Waals surface area contributed by atoms with Gasteiger partial charge in [0.15, 0.2) is 0 Å². The molecule has 2 nitrogen and oxygen atoms in total. The van der Waals surface area contributed by atoms with E-state index >= 15 is 0 Å². The molecule has 0 saturated heterocycles. The van der Waals surface area contributed by atoms with Gasteiger partial charge in [0.1, 0.15) is 0 Å². The first kappa shape index (κ1) is 12.6. The summed E-state index contributed by atoms with van der Waals surface area (Å²) in [5.41, 5.74) is 0. The Morgan fingerprint density at radius 1 is 1.54 bits per heavy atom. The van der Waals surface area contributed by atoms with E-state index in [9.17, 15) is 4.79 Å². The number of hydrogen-bond acceptors (Lipinski definition) is 3. The lowest BCUT2D eigenvalue weighted by molar-refractivity contribution is -0.143. The standard InChI is InChI=1S/C10H18O2S/c1-3-4-5-6-7-12-10(11)8-9(2)13/h4-5,9,13H,3,6-8H2,1-2H3/b5-4-. The van der Waals surface area contributed by atoms with E-state index in [1.807, 2.05) is 13.0 Å². The molecule has 3 heteroatoms. The van der Waals surface area contributed by atoms with Crippen molar-refractivity contribution in [3.05, 3.63) is 12.2 Å². The number of rotatable bonds is 6. The summed E-state index contributed by atoms with van der Waals surface area (Å²) < 4.78 is 4.96. The van der Waals surface area contributed by atoms with E-state index in [0.717, 1.165) is 12.8 Å². The summed E-state index contributed by atoms with van der Waals surface area (Å²) in [5, 5.41) is 0.0821. The van der Waals surface area contributed by atoms with Crippen LogP contribution in [0.5, 0.6) is 0 Å². The van der Waals surface area contributed by atoms with Gasteiger partial charge in [0.2, 0.25) is 0 Å². The quantitative estimate of drug-likeness (QED) is 0.310. The predicted octanol–water partition coefficient (Wildman–Crippen LogP) is 2.59. The molecule has 0 bridgehead atoms. The Kier molecular flexibility index (Phi) is 7.90. The molecule has 1 unspecified atom stereocenters. The fourth-order valence-electron chi connectivity index (χ4n) is 0.825. The maximum Gasteiger partial charge on any atom is 0.306 e. The lowest BCUT2D eigenvalue weighted by Crippen LogP contribution is -2.09. The first-order chi connectivity index (χ1) is 6.16. The second kappa shape index (κ2) is 8.17. The molecular weight excluding hydrogens is 184 g/mol. The molecule has 0 aliphatic heterocycles. The smallest absolute Gasteiger partial charge is 0.306 e. The van der Waals surface area contributed by atoms with Crippen molar-refractivity contribution in [3.8, 4) is 0 Å². The van der Waals surface area contributed by atoms with Crippen LogP contribution in [0.3, 0.4) is 0 Å². The maximum absolute atomic E-state index is 11.0. The van der Waals surface area contributed by atoms with Gasteiger partial charge in [0.05, 0.1) is 13.0 Å². The zero-order chi connectivity index (χ0) is 10.1. The summed E-state index contributed by atoms with van der Waals surface area (Å²) in [6, 6.07) is 0. The van der Waals surface area contributed by atoms with Gasteiger partial charge >= 0.3 is 5.97 Å². The van der Waals surface area contributed by atoms with Crippen molar-refractivity contribution >= 4 is 18.6 Å². The van der Waals surface area contributed by atoms with Crippen LogP contribution in [0.1, 0.15) is 33.1 Å². The van der Waals surface area contributed by atoms with Crippen LogP contribution in [-0.2, 0) is 9.53 Å². The number of thiol groups is 1. The van der Waals surface area contributed by atoms with Gasteiger partial charge < -0.3 is 4.74 Å². The van der Waals surface area contributed by atoms with Gasteiger partial charge in [0, 0.05) is 5.25 Å². The van der Waals surface area contributed by atoms with Crippen molar-refractivity contribution in [2.75, 3.05) is 6.61 Å². The summed E-state index contributed by atoms with van der Waals surface area (Å²) in [5.74, 6) is -0.160. The van der Waals surface area contributed by atoms with Gasteiger partial charge in [-0.05, 0) is 12.8 Å². The molecule has 0 aliphatic rings. The molecule has 0 N–H and O–H groups in total. The van der Waals surface area contributed by atoms with E-state index in [4.69, 9.17) is 4.74 Å². The molecule has 76 valence electrons. The van der Waals surface area contributed by atoms with Crippen LogP contribution in [0.2, 0.25) is 0 Å². The number of hydrogen-bond donors (Lipinski definition) is 1. The molecule has 1 atom stereocenters. The molecule has 0 rings (SSSR count). The van der Waals surface area contributed by atoms with E-state index in [-0.39, 0.29) is 11.2 Å². The number of allylic oxidation sites excluding steroid dienone is 1. The average molecular weight is 202 g/mol. The number of esters is 1. The molecule has 13 heavy (non-hydrogen) atoms. The highest BCUT2D eigenvalue weighted by Crippen LogP contribution is 2.01. The normalized spacial score (nSPS) is 13.2. The second-order valence-electron chi connectivity index (χ2n) is 2.94. The van der Waals surface area contributed by atoms with Crippen LogP contribution in [0.25, 0.3) is 0 Å². The molecule has 0 spiro atoms. The fourth-order valence-corrected chi connectivity index (χ4v) is 0.975. The monoisotopic (exact) mass is 202 g/mol. The topological polar surface area (TPSA) is 26.3 Å². The minimum absolute atomic E-state index is 0.0821. The average Bonchev–Trinajstić information content (AvgIpc) is 2.02. The van der Waals surface area contributed by atoms with Crippen LogP contribution in [0, 0.1) is 0 Å². The van der Waals surface area contributed by atoms with Crippen LogP contribution in [-0.4, -0.2) is 17.8 Å². The van der Waals surface area contributed by atoms with Crippen LogP contribution < -0.4 is 0 Å². The molecule has 0 aromatic carbocycles. The molecule has 0 aromatic rings. The Labute approximate surface area is 85.8 Å². The highest BCUT2D eigenvalue weighted by Gasteiger charge is 2.04. The van der Waals surface area contributed by atoms with Gasteiger partial charge in [-0.15, -0.1) is 0 Å². The van der Waals surface area contributed by atoms with Crippen molar-refractivity contribution in [1.82, 2.24) is 0 Å². The van der Waals surface area contributed by atoms with E-state index < -0.39 is 0 Å². The Hall–Kier alpha value is -0.440. The zero-order valence-electron chi connectivity index (χ0n) is 8.32. The highest BCUT2D eigenvalue weighted by atomic mass is 32.1. The number of carbonyl (C=O) groups is 1. The van der Waals surface area contributed by atoms with Gasteiger partial charge in [0.25, 0.3) is 0 Å². The lowest BCUT2D eigenvalue weighted by Gasteiger charge is -2.04. The number of carbonyl (C=O) groups excluding carboxylic acids is 1. The lowest BCUT2D eigenvalue weighted by atomic mass is 10.3. The first-order valence-corrected chi connectivity index (χ1v) is 5.17. The van der Waals surface area contributed by atoms with E-state index in [1.54, 1.807) is 0 Å². The fraction of sp³-hybridized carbons (Fsp3) is 0.700. The van der Waals surface area contributed by atoms with Crippen molar-refractivity contribution in [3.63, 3.8) is 0 Å². The molecule has 0 aliphatic carbocycles. The van der Waals surface area contributed by atoms with E-state index in [2.05, 4.69) is 25.6 Å². The third kappa shape index (κ3) is 9.47. The summed E-state index contributed by atoms with van der Waals surface area (Å²) in [6.45, 7) is 4.43. The van der Waals surface area contributed by atoms with E-state index in [0.29, 0.717) is 13.0 Å². The Bertz CT molecular complexity index is 164. The molecule has 0 saturated carbocycles. The molecular formula is C10H18O2S. The summed E-state index contributed by atoms with van der Waals surface area (Å²) in [7, 11) is 0. The van der Waals surface area contributed by atoms with E-state index in [1.165, 1.54) is 0 Å². The van der Waals surface area contributed by atoms with Crippen molar-refractivity contribution < 1.29 is 9.53 Å². The van der Waals surface area contributed by atoms with Crippen molar-refractivity contribution in [1.29, 1.82) is 0 Å². The summed E-state index contributed by atoms with van der Waals surface area (Å²) in [4.78, 5) is 11.0. The van der Waals surface area contributed by atoms with Gasteiger partial charge in [-0.1, -0.05) is 26.0 Å². The molecule has 0 fully saturated rings. The first-order valence-electron chi connectivity index (χ1n) is 4.65. The SMILES string of the molecule is CC/C=C\CCOC(=O)CC(C)S. The van der Waals surface area contributed by atoms with Crippen LogP contribution in [0.4, 0.5) is 0 Å². The molecule has 0 heterocycles.